The monoisotopic (exact) mass is 339 g/mol. The normalized spacial score (nSPS) is 22.3. The Kier molecular flexibility index (Phi) is 4.47. The highest BCUT2D eigenvalue weighted by molar-refractivity contribution is 5.35. The molecule has 4 nitrogen and oxygen atoms in total. The average Bonchev–Trinajstić information content (AvgIpc) is 3.04. The maximum atomic E-state index is 12.5. The molecule has 0 amide bonds. The van der Waals surface area contributed by atoms with Crippen molar-refractivity contribution in [1.82, 2.24) is 4.98 Å². The lowest BCUT2D eigenvalue weighted by Gasteiger charge is -2.34. The first-order chi connectivity index (χ1) is 11.4. The van der Waals surface area contributed by atoms with E-state index in [1.165, 1.54) is 18.2 Å². The number of rotatable bonds is 4. The van der Waals surface area contributed by atoms with Crippen molar-refractivity contribution in [3.63, 3.8) is 0 Å². The van der Waals surface area contributed by atoms with Crippen LogP contribution in [0.25, 0.3) is 0 Å². The predicted octanol–water partition coefficient (Wildman–Crippen LogP) is 3.72. The maximum Gasteiger partial charge on any atom is 0.573 e. The number of aliphatic hydroxyl groups excluding tert-OH is 1. The first-order valence-corrected chi connectivity index (χ1v) is 7.50. The molecule has 3 rings (SSSR count). The topological polar surface area (TPSA) is 51.6 Å². The van der Waals surface area contributed by atoms with Crippen molar-refractivity contribution in [1.29, 1.82) is 0 Å². The zero-order valence-electron chi connectivity index (χ0n) is 12.7. The van der Waals surface area contributed by atoms with Crippen LogP contribution in [0.1, 0.15) is 30.2 Å². The molecule has 0 aliphatic carbocycles. The van der Waals surface area contributed by atoms with Gasteiger partial charge in [-0.1, -0.05) is 18.2 Å². The minimum absolute atomic E-state index is 0.344. The van der Waals surface area contributed by atoms with Crippen molar-refractivity contribution in [2.75, 3.05) is 6.61 Å². The van der Waals surface area contributed by atoms with Gasteiger partial charge in [-0.05, 0) is 42.7 Å². The third-order valence-corrected chi connectivity index (χ3v) is 4.02. The van der Waals surface area contributed by atoms with E-state index >= 15 is 0 Å². The van der Waals surface area contributed by atoms with Crippen LogP contribution in [-0.2, 0) is 10.3 Å². The molecule has 1 aromatic heterocycles. The largest absolute Gasteiger partial charge is 0.573 e. The van der Waals surface area contributed by atoms with Gasteiger partial charge in [-0.25, -0.2) is 0 Å². The van der Waals surface area contributed by atoms with Crippen LogP contribution in [0.2, 0.25) is 0 Å². The molecule has 7 heteroatoms. The van der Waals surface area contributed by atoms with E-state index in [-0.39, 0.29) is 5.75 Å². The summed E-state index contributed by atoms with van der Waals surface area (Å²) in [5, 5.41) is 10.8. The van der Waals surface area contributed by atoms with E-state index in [1.807, 2.05) is 0 Å². The van der Waals surface area contributed by atoms with Crippen LogP contribution in [0, 0.1) is 0 Å². The zero-order valence-corrected chi connectivity index (χ0v) is 12.7. The van der Waals surface area contributed by atoms with Gasteiger partial charge in [0.05, 0.1) is 5.69 Å². The number of aromatic nitrogens is 1. The first kappa shape index (κ1) is 16.7. The minimum atomic E-state index is -4.78. The molecule has 1 aliphatic heterocycles. The van der Waals surface area contributed by atoms with Crippen molar-refractivity contribution in [3.05, 3.63) is 59.9 Å². The third kappa shape index (κ3) is 3.37. The fourth-order valence-corrected chi connectivity index (χ4v) is 3.00. The zero-order chi connectivity index (χ0) is 17.2. The first-order valence-electron chi connectivity index (χ1n) is 7.50. The fraction of sp³-hybridized carbons (Fsp3) is 0.353. The van der Waals surface area contributed by atoms with Gasteiger partial charge in [-0.2, -0.15) is 0 Å². The van der Waals surface area contributed by atoms with Crippen molar-refractivity contribution >= 4 is 0 Å². The second-order valence-electron chi connectivity index (χ2n) is 5.57. The summed E-state index contributed by atoms with van der Waals surface area (Å²) in [5.41, 5.74) is -0.305. The highest BCUT2D eigenvalue weighted by Gasteiger charge is 2.45. The van der Waals surface area contributed by atoms with Crippen molar-refractivity contribution < 1.29 is 27.8 Å². The van der Waals surface area contributed by atoms with Crippen LogP contribution >= 0.6 is 0 Å². The molecule has 24 heavy (non-hydrogen) atoms. The van der Waals surface area contributed by atoms with E-state index in [4.69, 9.17) is 4.74 Å². The summed E-state index contributed by atoms with van der Waals surface area (Å²) < 4.78 is 47.1. The molecule has 1 N–H and O–H groups in total. The van der Waals surface area contributed by atoms with E-state index in [0.717, 1.165) is 0 Å². The summed E-state index contributed by atoms with van der Waals surface area (Å²) in [6, 6.07) is 10.7. The molecule has 2 aromatic rings. The van der Waals surface area contributed by atoms with E-state index < -0.39 is 18.1 Å². The Morgan fingerprint density at radius 1 is 1.21 bits per heavy atom. The third-order valence-electron chi connectivity index (χ3n) is 4.02. The molecule has 0 spiro atoms. The number of halogens is 3. The standard InChI is InChI=1S/C17H16F3NO3/c18-17(19,20)24-13-6-3-5-12(11-13)16(8-4-10-23-16)15(22)14-7-1-2-9-21-14/h1-3,5-7,9,11,15,22H,4,8,10H2. The Bertz CT molecular complexity index is 685. The highest BCUT2D eigenvalue weighted by Crippen LogP contribution is 2.46. The highest BCUT2D eigenvalue weighted by atomic mass is 19.4. The molecule has 1 aliphatic rings. The number of hydrogen-bond donors (Lipinski definition) is 1. The Morgan fingerprint density at radius 3 is 2.67 bits per heavy atom. The lowest BCUT2D eigenvalue weighted by atomic mass is 9.83. The molecule has 2 heterocycles. The van der Waals surface area contributed by atoms with Crippen LogP contribution < -0.4 is 4.74 Å². The number of nitrogens with zero attached hydrogens (tertiary/aromatic N) is 1. The Labute approximate surface area is 136 Å². The molecule has 1 aromatic carbocycles. The summed E-state index contributed by atoms with van der Waals surface area (Å²) in [6.07, 6.45) is -3.16. The van der Waals surface area contributed by atoms with Crippen molar-refractivity contribution in [3.8, 4) is 5.75 Å². The second kappa shape index (κ2) is 6.41. The van der Waals surface area contributed by atoms with Gasteiger partial charge >= 0.3 is 6.36 Å². The van der Waals surface area contributed by atoms with Crippen LogP contribution in [-0.4, -0.2) is 23.1 Å². The van der Waals surface area contributed by atoms with Crippen LogP contribution in [0.3, 0.4) is 0 Å². The number of ether oxygens (including phenoxy) is 2. The van der Waals surface area contributed by atoms with Gasteiger partial charge in [0.25, 0.3) is 0 Å². The molecule has 128 valence electrons. The molecular formula is C17H16F3NO3. The summed E-state index contributed by atoms with van der Waals surface area (Å²) in [5.74, 6) is -0.344. The molecule has 0 saturated carbocycles. The summed E-state index contributed by atoms with van der Waals surface area (Å²) in [4.78, 5) is 4.13. The fourth-order valence-electron chi connectivity index (χ4n) is 3.00. The summed E-state index contributed by atoms with van der Waals surface area (Å²) >= 11 is 0. The molecule has 2 atom stereocenters. The smallest absolute Gasteiger partial charge is 0.406 e. The predicted molar refractivity (Wildman–Crippen MR) is 79.2 cm³/mol. The summed E-state index contributed by atoms with van der Waals surface area (Å²) in [7, 11) is 0. The Hall–Kier alpha value is -2.12. The van der Waals surface area contributed by atoms with Gasteiger partial charge in [0, 0.05) is 12.8 Å². The van der Waals surface area contributed by atoms with Crippen molar-refractivity contribution in [2.24, 2.45) is 0 Å². The minimum Gasteiger partial charge on any atom is -0.406 e. The van der Waals surface area contributed by atoms with E-state index in [9.17, 15) is 18.3 Å². The lowest BCUT2D eigenvalue weighted by Crippen LogP contribution is -2.33. The Balaban J connectivity index is 1.98. The molecule has 0 radical (unpaired) electrons. The number of aliphatic hydroxyl groups is 1. The molecule has 1 saturated heterocycles. The van der Waals surface area contributed by atoms with Crippen LogP contribution in [0.5, 0.6) is 5.75 Å². The second-order valence-corrected chi connectivity index (χ2v) is 5.57. The molecule has 1 fully saturated rings. The Morgan fingerprint density at radius 2 is 2.04 bits per heavy atom. The maximum absolute atomic E-state index is 12.5. The van der Waals surface area contributed by atoms with Gasteiger partial charge in [0.2, 0.25) is 0 Å². The number of alkyl halides is 3. The average molecular weight is 339 g/mol. The van der Waals surface area contributed by atoms with E-state index in [0.29, 0.717) is 30.7 Å². The van der Waals surface area contributed by atoms with Crippen LogP contribution in [0.15, 0.2) is 48.7 Å². The molecular weight excluding hydrogens is 323 g/mol. The summed E-state index contributed by atoms with van der Waals surface area (Å²) in [6.45, 7) is 0.411. The van der Waals surface area contributed by atoms with Crippen LogP contribution in [0.4, 0.5) is 13.2 Å². The van der Waals surface area contributed by atoms with Gasteiger partial charge in [-0.15, -0.1) is 13.2 Å². The number of pyridine rings is 1. The van der Waals surface area contributed by atoms with Gasteiger partial charge in [-0.3, -0.25) is 4.98 Å². The molecule has 2 unspecified atom stereocenters. The van der Waals surface area contributed by atoms with Gasteiger partial charge in [0.1, 0.15) is 17.5 Å². The SMILES string of the molecule is OC(c1ccccn1)C1(c2cccc(OC(F)(F)F)c2)CCCO1. The van der Waals surface area contributed by atoms with Gasteiger partial charge < -0.3 is 14.6 Å². The van der Waals surface area contributed by atoms with Crippen molar-refractivity contribution in [2.45, 2.75) is 30.9 Å². The quantitative estimate of drug-likeness (QED) is 0.922. The van der Waals surface area contributed by atoms with E-state index in [2.05, 4.69) is 9.72 Å². The molecule has 0 bridgehead atoms. The number of hydrogen-bond acceptors (Lipinski definition) is 4. The van der Waals surface area contributed by atoms with E-state index in [1.54, 1.807) is 30.5 Å². The number of benzene rings is 1. The lowest BCUT2D eigenvalue weighted by molar-refractivity contribution is -0.274. The van der Waals surface area contributed by atoms with Gasteiger partial charge in [0.15, 0.2) is 0 Å².